The summed E-state index contributed by atoms with van der Waals surface area (Å²) in [6.45, 7) is 3.74. The Kier molecular flexibility index (Phi) is 6.84. The van der Waals surface area contributed by atoms with E-state index in [1.165, 1.54) is 0 Å². The molecule has 0 atom stereocenters. The smallest absolute Gasteiger partial charge is 0.309 e. The second-order valence-electron chi connectivity index (χ2n) is 6.65. The Morgan fingerprint density at radius 2 is 1.32 bits per heavy atom. The summed E-state index contributed by atoms with van der Waals surface area (Å²) in [5.41, 5.74) is -0.608. The van der Waals surface area contributed by atoms with Gasteiger partial charge in [-0.3, -0.25) is 4.79 Å². The van der Waals surface area contributed by atoms with Gasteiger partial charge in [0.25, 0.3) is 0 Å². The van der Waals surface area contributed by atoms with Crippen LogP contribution in [0.5, 0.6) is 0 Å². The monoisotopic (exact) mass is 270 g/mol. The molecule has 2 N–H and O–H groups in total. The zero-order valence-corrected chi connectivity index (χ0v) is 12.5. The number of carboxylic acid groups (broad SMARTS) is 1. The minimum Gasteiger partial charge on any atom is -0.481 e. The number of hydrogen-bond donors (Lipinski definition) is 2. The molecule has 1 rings (SSSR count). The molecule has 0 unspecified atom stereocenters. The van der Waals surface area contributed by atoms with Gasteiger partial charge < -0.3 is 10.2 Å². The summed E-state index contributed by atoms with van der Waals surface area (Å²) in [6.07, 6.45) is 10.3. The fourth-order valence-corrected chi connectivity index (χ4v) is 3.08. The van der Waals surface area contributed by atoms with Crippen molar-refractivity contribution >= 4 is 5.97 Å². The minimum atomic E-state index is -0.667. The summed E-state index contributed by atoms with van der Waals surface area (Å²) in [4.78, 5) is 11.4. The van der Waals surface area contributed by atoms with Crippen LogP contribution in [-0.4, -0.2) is 22.3 Å². The van der Waals surface area contributed by atoms with Crippen molar-refractivity contribution in [3.05, 3.63) is 0 Å². The van der Waals surface area contributed by atoms with Crippen LogP contribution in [0.3, 0.4) is 0 Å². The lowest BCUT2D eigenvalue weighted by molar-refractivity contribution is -0.150. The molecule has 1 aliphatic carbocycles. The summed E-state index contributed by atoms with van der Waals surface area (Å²) >= 11 is 0. The van der Waals surface area contributed by atoms with Gasteiger partial charge >= 0.3 is 5.97 Å². The van der Waals surface area contributed by atoms with Crippen LogP contribution in [0.4, 0.5) is 0 Å². The van der Waals surface area contributed by atoms with E-state index in [9.17, 15) is 15.0 Å². The lowest BCUT2D eigenvalue weighted by Gasteiger charge is -2.31. The van der Waals surface area contributed by atoms with Gasteiger partial charge in [0, 0.05) is 0 Å². The first kappa shape index (κ1) is 16.5. The third kappa shape index (κ3) is 5.52. The molecule has 0 aliphatic heterocycles. The molecule has 3 nitrogen and oxygen atoms in total. The molecule has 0 saturated heterocycles. The Hall–Kier alpha value is -0.570. The van der Waals surface area contributed by atoms with Gasteiger partial charge in [-0.1, -0.05) is 38.5 Å². The van der Waals surface area contributed by atoms with Crippen molar-refractivity contribution in [1.29, 1.82) is 0 Å². The maximum Gasteiger partial charge on any atom is 0.309 e. The summed E-state index contributed by atoms with van der Waals surface area (Å²) in [5, 5.41) is 19.2. The highest BCUT2D eigenvalue weighted by Gasteiger charge is 2.35. The number of rotatable bonds is 2. The van der Waals surface area contributed by atoms with E-state index in [-0.39, 0.29) is 12.0 Å². The van der Waals surface area contributed by atoms with E-state index < -0.39 is 11.4 Å². The maximum atomic E-state index is 11.4. The van der Waals surface area contributed by atoms with Crippen molar-refractivity contribution in [1.82, 2.24) is 0 Å². The molecule has 0 aromatic carbocycles. The molecular formula is C16H30O3. The molecule has 19 heavy (non-hydrogen) atoms. The molecule has 0 spiro atoms. The number of aliphatic hydroxyl groups excluding tert-OH is 1. The van der Waals surface area contributed by atoms with E-state index in [1.807, 2.05) is 13.8 Å². The highest BCUT2D eigenvalue weighted by atomic mass is 16.4. The molecule has 112 valence electrons. The molecule has 1 aliphatic rings. The SMILES string of the molecule is CC(C)(C(=O)O)C1CCCCCC(O)CCCCC1. The molecule has 3 heteroatoms. The average Bonchev–Trinajstić information content (AvgIpc) is 2.32. The predicted octanol–water partition coefficient (Wildman–Crippen LogP) is 3.99. The lowest BCUT2D eigenvalue weighted by atomic mass is 9.73. The van der Waals surface area contributed by atoms with Gasteiger partial charge in [-0.2, -0.15) is 0 Å². The van der Waals surface area contributed by atoms with Crippen molar-refractivity contribution in [2.24, 2.45) is 11.3 Å². The first-order valence-corrected chi connectivity index (χ1v) is 7.86. The molecule has 0 radical (unpaired) electrons. The second kappa shape index (κ2) is 7.88. The van der Waals surface area contributed by atoms with Crippen LogP contribution in [0.25, 0.3) is 0 Å². The fourth-order valence-electron chi connectivity index (χ4n) is 3.08. The summed E-state index contributed by atoms with van der Waals surface area (Å²) < 4.78 is 0. The zero-order valence-electron chi connectivity index (χ0n) is 12.5. The predicted molar refractivity (Wildman–Crippen MR) is 77.1 cm³/mol. The third-order valence-electron chi connectivity index (χ3n) is 4.75. The van der Waals surface area contributed by atoms with Crippen molar-refractivity contribution in [2.45, 2.75) is 84.2 Å². The Bertz CT molecular complexity index is 259. The number of aliphatic hydroxyl groups is 1. The number of hydrogen-bond acceptors (Lipinski definition) is 2. The van der Waals surface area contributed by atoms with E-state index in [0.717, 1.165) is 64.2 Å². The lowest BCUT2D eigenvalue weighted by Crippen LogP contribution is -2.33. The molecule has 0 heterocycles. The van der Waals surface area contributed by atoms with Gasteiger partial charge in [0.05, 0.1) is 11.5 Å². The normalized spacial score (nSPS) is 28.2. The van der Waals surface area contributed by atoms with Crippen molar-refractivity contribution in [3.8, 4) is 0 Å². The Balaban J connectivity index is 2.55. The van der Waals surface area contributed by atoms with Crippen LogP contribution in [-0.2, 0) is 4.79 Å². The molecule has 1 fully saturated rings. The Labute approximate surface area is 117 Å². The molecule has 0 aromatic rings. The van der Waals surface area contributed by atoms with Gasteiger partial charge in [0.15, 0.2) is 0 Å². The van der Waals surface area contributed by atoms with Gasteiger partial charge in [-0.05, 0) is 45.4 Å². The zero-order chi connectivity index (χ0) is 14.3. The third-order valence-corrected chi connectivity index (χ3v) is 4.75. The van der Waals surface area contributed by atoms with Crippen molar-refractivity contribution < 1.29 is 15.0 Å². The summed E-state index contributed by atoms with van der Waals surface area (Å²) in [7, 11) is 0. The quantitative estimate of drug-likeness (QED) is 0.797. The Morgan fingerprint density at radius 3 is 1.74 bits per heavy atom. The van der Waals surface area contributed by atoms with Crippen LogP contribution in [0.2, 0.25) is 0 Å². The largest absolute Gasteiger partial charge is 0.481 e. The molecule has 0 amide bonds. The number of carbonyl (C=O) groups is 1. The Morgan fingerprint density at radius 1 is 0.895 bits per heavy atom. The van der Waals surface area contributed by atoms with E-state index >= 15 is 0 Å². The topological polar surface area (TPSA) is 57.5 Å². The molecule has 1 saturated carbocycles. The first-order chi connectivity index (χ1) is 8.94. The van der Waals surface area contributed by atoms with Gasteiger partial charge in [-0.15, -0.1) is 0 Å². The minimum absolute atomic E-state index is 0.120. The van der Waals surface area contributed by atoms with Crippen LogP contribution in [0, 0.1) is 11.3 Å². The highest BCUT2D eigenvalue weighted by molar-refractivity contribution is 5.74. The summed E-state index contributed by atoms with van der Waals surface area (Å²) in [6, 6.07) is 0. The van der Waals surface area contributed by atoms with Crippen LogP contribution >= 0.6 is 0 Å². The summed E-state index contributed by atoms with van der Waals surface area (Å²) in [5.74, 6) is -0.380. The molecular weight excluding hydrogens is 240 g/mol. The van der Waals surface area contributed by atoms with Crippen molar-refractivity contribution in [2.75, 3.05) is 0 Å². The number of carboxylic acids is 1. The van der Waals surface area contributed by atoms with Crippen LogP contribution in [0.15, 0.2) is 0 Å². The van der Waals surface area contributed by atoms with Gasteiger partial charge in [-0.25, -0.2) is 0 Å². The number of aliphatic carboxylic acids is 1. The van der Waals surface area contributed by atoms with Crippen LogP contribution in [0.1, 0.15) is 78.1 Å². The van der Waals surface area contributed by atoms with Gasteiger partial charge in [0.1, 0.15) is 0 Å². The van der Waals surface area contributed by atoms with E-state index in [0.29, 0.717) is 0 Å². The van der Waals surface area contributed by atoms with E-state index in [1.54, 1.807) is 0 Å². The highest BCUT2D eigenvalue weighted by Crippen LogP contribution is 2.36. The standard InChI is InChI=1S/C16H30O3/c1-16(2,15(18)19)13-9-5-3-7-11-14(17)12-8-4-6-10-13/h13-14,17H,3-12H2,1-2H3,(H,18,19). The molecule has 0 bridgehead atoms. The fraction of sp³-hybridized carbons (Fsp3) is 0.938. The van der Waals surface area contributed by atoms with E-state index in [2.05, 4.69) is 0 Å². The maximum absolute atomic E-state index is 11.4. The van der Waals surface area contributed by atoms with Gasteiger partial charge in [0.2, 0.25) is 0 Å². The molecule has 0 aromatic heterocycles. The second-order valence-corrected chi connectivity index (χ2v) is 6.65. The average molecular weight is 270 g/mol. The van der Waals surface area contributed by atoms with E-state index in [4.69, 9.17) is 0 Å². The first-order valence-electron chi connectivity index (χ1n) is 7.86. The van der Waals surface area contributed by atoms with Crippen LogP contribution < -0.4 is 0 Å². The van der Waals surface area contributed by atoms with Crippen molar-refractivity contribution in [3.63, 3.8) is 0 Å².